The van der Waals surface area contributed by atoms with Gasteiger partial charge in [0.1, 0.15) is 17.2 Å². The predicted octanol–water partition coefficient (Wildman–Crippen LogP) is 3.88. The largest absolute Gasteiger partial charge is 0.466 e. The van der Waals surface area contributed by atoms with Crippen LogP contribution < -0.4 is 0 Å². The lowest BCUT2D eigenvalue weighted by molar-refractivity contribution is -0.380. The molecular formula is C18H12N2O5S. The fourth-order valence-corrected chi connectivity index (χ4v) is 3.90. The summed E-state index contributed by atoms with van der Waals surface area (Å²) >= 11 is 0.717. The van der Waals surface area contributed by atoms with Gasteiger partial charge in [0.25, 0.3) is 0 Å². The summed E-state index contributed by atoms with van der Waals surface area (Å²) in [7, 11) is 0. The van der Waals surface area contributed by atoms with Gasteiger partial charge in [-0.1, -0.05) is 18.3 Å². The Hall–Kier alpha value is -3.13. The molecule has 1 atom stereocenters. The van der Waals surface area contributed by atoms with Crippen LogP contribution in [-0.4, -0.2) is 21.5 Å². The number of pyridine rings is 1. The Labute approximate surface area is 151 Å². The SMILES string of the molecule is Cc1ccc(C(C)c2cnc3c(c2)C(=O)c2sc([N+](=O)[O-])cc2C3=O)o1. The molecule has 1 aliphatic rings. The molecule has 7 nitrogen and oxygen atoms in total. The molecule has 0 saturated carbocycles. The van der Waals surface area contributed by atoms with E-state index in [9.17, 15) is 19.7 Å². The highest BCUT2D eigenvalue weighted by atomic mass is 32.1. The van der Waals surface area contributed by atoms with Crippen molar-refractivity contribution < 1.29 is 18.9 Å². The molecule has 3 aromatic heterocycles. The van der Waals surface area contributed by atoms with Gasteiger partial charge in [-0.2, -0.15) is 0 Å². The zero-order valence-electron chi connectivity index (χ0n) is 13.8. The second kappa shape index (κ2) is 5.70. The molecule has 0 saturated heterocycles. The van der Waals surface area contributed by atoms with Crippen molar-refractivity contribution >= 4 is 27.9 Å². The van der Waals surface area contributed by atoms with Crippen LogP contribution in [0.5, 0.6) is 0 Å². The maximum atomic E-state index is 12.8. The highest BCUT2D eigenvalue weighted by Crippen LogP contribution is 2.37. The van der Waals surface area contributed by atoms with Gasteiger partial charge in [-0.05, 0) is 30.7 Å². The number of carbonyl (C=O) groups excluding carboxylic acids is 2. The molecule has 0 aromatic carbocycles. The van der Waals surface area contributed by atoms with Gasteiger partial charge in [-0.15, -0.1) is 0 Å². The molecule has 3 aromatic rings. The smallest absolute Gasteiger partial charge is 0.325 e. The van der Waals surface area contributed by atoms with E-state index < -0.39 is 16.5 Å². The van der Waals surface area contributed by atoms with Gasteiger partial charge in [0, 0.05) is 18.2 Å². The molecule has 130 valence electrons. The second-order valence-corrected chi connectivity index (χ2v) is 7.11. The molecule has 0 spiro atoms. The molecule has 0 amide bonds. The number of fused-ring (bicyclic) bond motifs is 2. The van der Waals surface area contributed by atoms with E-state index in [0.717, 1.165) is 34.5 Å². The average Bonchev–Trinajstić information content (AvgIpc) is 3.25. The monoisotopic (exact) mass is 368 g/mol. The minimum Gasteiger partial charge on any atom is -0.466 e. The van der Waals surface area contributed by atoms with Crippen molar-refractivity contribution in [3.05, 3.63) is 79.4 Å². The lowest BCUT2D eigenvalue weighted by Gasteiger charge is -2.16. The van der Waals surface area contributed by atoms with Crippen LogP contribution in [0.25, 0.3) is 0 Å². The number of aromatic nitrogens is 1. The third-order valence-electron chi connectivity index (χ3n) is 4.41. The maximum absolute atomic E-state index is 12.8. The van der Waals surface area contributed by atoms with Gasteiger partial charge < -0.3 is 4.42 Å². The number of nitrogens with zero attached hydrogens (tertiary/aromatic N) is 2. The number of ketones is 2. The summed E-state index contributed by atoms with van der Waals surface area (Å²) in [6, 6.07) is 6.48. The molecule has 0 N–H and O–H groups in total. The zero-order valence-corrected chi connectivity index (χ0v) is 14.6. The first-order chi connectivity index (χ1) is 12.4. The number of nitro groups is 1. The summed E-state index contributed by atoms with van der Waals surface area (Å²) in [6.45, 7) is 3.76. The summed E-state index contributed by atoms with van der Waals surface area (Å²) in [5, 5.41) is 10.7. The van der Waals surface area contributed by atoms with Crippen molar-refractivity contribution in [1.82, 2.24) is 4.98 Å². The highest BCUT2D eigenvalue weighted by molar-refractivity contribution is 7.17. The van der Waals surface area contributed by atoms with Gasteiger partial charge in [0.2, 0.25) is 11.6 Å². The van der Waals surface area contributed by atoms with Crippen molar-refractivity contribution in [2.24, 2.45) is 0 Å². The summed E-state index contributed by atoms with van der Waals surface area (Å²) in [5.74, 6) is 0.478. The lowest BCUT2D eigenvalue weighted by Crippen LogP contribution is -2.21. The van der Waals surface area contributed by atoms with Crippen LogP contribution in [0.15, 0.2) is 34.9 Å². The Morgan fingerprint density at radius 2 is 1.96 bits per heavy atom. The number of thiophene rings is 1. The Balaban J connectivity index is 1.79. The fraction of sp³-hybridized carbons (Fsp3) is 0.167. The molecule has 0 bridgehead atoms. The third kappa shape index (κ3) is 2.38. The van der Waals surface area contributed by atoms with Crippen molar-refractivity contribution in [1.29, 1.82) is 0 Å². The summed E-state index contributed by atoms with van der Waals surface area (Å²) in [6.07, 6.45) is 1.54. The van der Waals surface area contributed by atoms with Gasteiger partial charge in [0.05, 0.1) is 20.9 Å². The van der Waals surface area contributed by atoms with Crippen LogP contribution in [0.3, 0.4) is 0 Å². The molecule has 0 aliphatic heterocycles. The van der Waals surface area contributed by atoms with Crippen molar-refractivity contribution in [3.8, 4) is 0 Å². The minimum atomic E-state index is -0.603. The molecule has 0 fully saturated rings. The number of carbonyl (C=O) groups is 2. The van der Waals surface area contributed by atoms with E-state index >= 15 is 0 Å². The van der Waals surface area contributed by atoms with Crippen molar-refractivity contribution in [3.63, 3.8) is 0 Å². The van der Waals surface area contributed by atoms with Crippen LogP contribution in [0.4, 0.5) is 5.00 Å². The maximum Gasteiger partial charge on any atom is 0.325 e. The number of aryl methyl sites for hydroxylation is 1. The fourth-order valence-electron chi connectivity index (χ4n) is 2.98. The normalized spacial score (nSPS) is 14.1. The van der Waals surface area contributed by atoms with E-state index in [1.54, 1.807) is 6.07 Å². The number of hydrogen-bond donors (Lipinski definition) is 0. The van der Waals surface area contributed by atoms with Gasteiger partial charge >= 0.3 is 5.00 Å². The number of hydrogen-bond acceptors (Lipinski definition) is 7. The first-order valence-corrected chi connectivity index (χ1v) is 8.62. The van der Waals surface area contributed by atoms with E-state index in [1.165, 1.54) is 6.20 Å². The van der Waals surface area contributed by atoms with Crippen LogP contribution in [0.2, 0.25) is 0 Å². The Morgan fingerprint density at radius 1 is 1.19 bits per heavy atom. The summed E-state index contributed by atoms with van der Waals surface area (Å²) < 4.78 is 5.63. The Kier molecular flexibility index (Phi) is 3.58. The van der Waals surface area contributed by atoms with E-state index in [4.69, 9.17) is 4.42 Å². The van der Waals surface area contributed by atoms with Gasteiger partial charge in [-0.25, -0.2) is 0 Å². The van der Waals surface area contributed by atoms with Crippen LogP contribution in [0.1, 0.15) is 61.2 Å². The van der Waals surface area contributed by atoms with Gasteiger partial charge in [-0.3, -0.25) is 24.7 Å². The van der Waals surface area contributed by atoms with Crippen LogP contribution in [0, 0.1) is 17.0 Å². The Bertz CT molecular complexity index is 1090. The number of furan rings is 1. The minimum absolute atomic E-state index is 0.0294. The van der Waals surface area contributed by atoms with Crippen molar-refractivity contribution in [2.45, 2.75) is 19.8 Å². The van der Waals surface area contributed by atoms with E-state index in [1.807, 2.05) is 26.0 Å². The highest BCUT2D eigenvalue weighted by Gasteiger charge is 2.36. The second-order valence-electron chi connectivity index (χ2n) is 6.08. The molecule has 0 radical (unpaired) electrons. The predicted molar refractivity (Wildman–Crippen MR) is 93.0 cm³/mol. The van der Waals surface area contributed by atoms with Gasteiger partial charge in [0.15, 0.2) is 0 Å². The molecular weight excluding hydrogens is 356 g/mol. The first-order valence-electron chi connectivity index (χ1n) is 7.80. The third-order valence-corrected chi connectivity index (χ3v) is 5.49. The Morgan fingerprint density at radius 3 is 2.62 bits per heavy atom. The number of rotatable bonds is 3. The standard InChI is InChI=1S/C18H12N2O5S/c1-8-3-4-13(25-8)9(2)10-5-11-15(19-7-10)16(21)12-6-14(20(23)24)26-18(12)17(11)22/h3-7,9H,1-2H3. The topological polar surface area (TPSA) is 103 Å². The lowest BCUT2D eigenvalue weighted by atomic mass is 9.90. The van der Waals surface area contributed by atoms with Crippen LogP contribution >= 0.6 is 11.3 Å². The van der Waals surface area contributed by atoms with E-state index in [0.29, 0.717) is 0 Å². The summed E-state index contributed by atoms with van der Waals surface area (Å²) in [4.78, 5) is 40.0. The van der Waals surface area contributed by atoms with Crippen molar-refractivity contribution in [2.75, 3.05) is 0 Å². The zero-order chi connectivity index (χ0) is 18.6. The van der Waals surface area contributed by atoms with Crippen LogP contribution in [-0.2, 0) is 0 Å². The molecule has 1 unspecified atom stereocenters. The molecule has 1 aliphatic carbocycles. The molecule has 26 heavy (non-hydrogen) atoms. The quantitative estimate of drug-likeness (QED) is 0.401. The van der Waals surface area contributed by atoms with E-state index in [-0.39, 0.29) is 32.6 Å². The average molecular weight is 368 g/mol. The first kappa shape index (κ1) is 16.3. The summed E-state index contributed by atoms with van der Waals surface area (Å²) in [5.41, 5.74) is 0.983. The molecule has 3 heterocycles. The molecule has 8 heteroatoms. The molecule has 4 rings (SSSR count). The van der Waals surface area contributed by atoms with E-state index in [2.05, 4.69) is 4.98 Å².